The third-order valence-corrected chi connectivity index (χ3v) is 4.48. The summed E-state index contributed by atoms with van der Waals surface area (Å²) < 4.78 is 2.16. The van der Waals surface area contributed by atoms with Crippen molar-refractivity contribution in [2.45, 2.75) is 12.5 Å². The average Bonchev–Trinajstić information content (AvgIpc) is 3.12. The minimum atomic E-state index is 0.291. The minimum Gasteiger partial charge on any atom is -0.370 e. The van der Waals surface area contributed by atoms with Crippen LogP contribution in [-0.2, 0) is 7.05 Å². The zero-order valence-corrected chi connectivity index (χ0v) is 12.7. The van der Waals surface area contributed by atoms with Crippen LogP contribution in [0, 0.1) is 0 Å². The summed E-state index contributed by atoms with van der Waals surface area (Å²) in [7, 11) is 2.07. The highest BCUT2D eigenvalue weighted by molar-refractivity contribution is 5.81. The van der Waals surface area contributed by atoms with Gasteiger partial charge >= 0.3 is 0 Å². The summed E-state index contributed by atoms with van der Waals surface area (Å²) in [6.07, 6.45) is 1.07. The van der Waals surface area contributed by atoms with Crippen LogP contribution in [0.3, 0.4) is 0 Å². The molecule has 1 fully saturated rings. The van der Waals surface area contributed by atoms with Crippen LogP contribution in [0.5, 0.6) is 0 Å². The van der Waals surface area contributed by atoms with Gasteiger partial charge < -0.3 is 15.2 Å². The Hall–Kier alpha value is -2.33. The summed E-state index contributed by atoms with van der Waals surface area (Å²) in [6.45, 7) is 1.97. The number of nitrogens with two attached hydrogens (primary N) is 1. The molecule has 3 aromatic rings. The van der Waals surface area contributed by atoms with Gasteiger partial charge in [-0.05, 0) is 30.7 Å². The molecule has 112 valence electrons. The van der Waals surface area contributed by atoms with Crippen LogP contribution in [0.4, 0.5) is 5.69 Å². The van der Waals surface area contributed by atoms with E-state index in [0.717, 1.165) is 41.9 Å². The van der Waals surface area contributed by atoms with Crippen molar-refractivity contribution in [3.63, 3.8) is 0 Å². The second-order valence-electron chi connectivity index (χ2n) is 6.03. The molecule has 4 rings (SSSR count). The predicted octanol–water partition coefficient (Wildman–Crippen LogP) is 2.78. The molecule has 22 heavy (non-hydrogen) atoms. The SMILES string of the molecule is Cn1c(-c2cccc(N3CCC(N)C3)c2)nc2ccccc21. The Labute approximate surface area is 130 Å². The van der Waals surface area contributed by atoms with Gasteiger partial charge in [0.25, 0.3) is 0 Å². The van der Waals surface area contributed by atoms with Crippen LogP contribution in [0.1, 0.15) is 6.42 Å². The molecule has 1 aliphatic heterocycles. The van der Waals surface area contributed by atoms with Crippen LogP contribution in [0.15, 0.2) is 48.5 Å². The fraction of sp³-hybridized carbons (Fsp3) is 0.278. The summed E-state index contributed by atoms with van der Waals surface area (Å²) in [5.41, 5.74) is 10.6. The lowest BCUT2D eigenvalue weighted by Gasteiger charge is -2.18. The van der Waals surface area contributed by atoms with E-state index < -0.39 is 0 Å². The largest absolute Gasteiger partial charge is 0.370 e. The highest BCUT2D eigenvalue weighted by Gasteiger charge is 2.20. The Morgan fingerprint density at radius 1 is 1.14 bits per heavy atom. The molecule has 0 spiro atoms. The molecule has 2 N–H and O–H groups in total. The average molecular weight is 292 g/mol. The second-order valence-corrected chi connectivity index (χ2v) is 6.03. The fourth-order valence-electron chi connectivity index (χ4n) is 3.27. The summed E-state index contributed by atoms with van der Waals surface area (Å²) >= 11 is 0. The van der Waals surface area contributed by atoms with Crippen LogP contribution in [-0.4, -0.2) is 28.7 Å². The standard InChI is InChI=1S/C18H20N4/c1-21-17-8-3-2-7-16(17)20-18(21)13-5-4-6-15(11-13)22-10-9-14(19)12-22/h2-8,11,14H,9-10,12,19H2,1H3. The third kappa shape index (κ3) is 2.16. The van der Waals surface area contributed by atoms with E-state index in [1.54, 1.807) is 0 Å². The van der Waals surface area contributed by atoms with Crippen molar-refractivity contribution in [3.8, 4) is 11.4 Å². The van der Waals surface area contributed by atoms with E-state index in [0.29, 0.717) is 6.04 Å². The highest BCUT2D eigenvalue weighted by Crippen LogP contribution is 2.28. The first-order valence-corrected chi connectivity index (χ1v) is 7.75. The zero-order chi connectivity index (χ0) is 15.1. The fourth-order valence-corrected chi connectivity index (χ4v) is 3.27. The third-order valence-electron chi connectivity index (χ3n) is 4.48. The van der Waals surface area contributed by atoms with E-state index in [1.807, 2.05) is 6.07 Å². The number of hydrogen-bond acceptors (Lipinski definition) is 3. The van der Waals surface area contributed by atoms with Gasteiger partial charge in [-0.1, -0.05) is 24.3 Å². The lowest BCUT2D eigenvalue weighted by atomic mass is 10.1. The Kier molecular flexibility index (Phi) is 3.12. The molecule has 4 heteroatoms. The van der Waals surface area contributed by atoms with Gasteiger partial charge in [0.1, 0.15) is 5.82 Å². The van der Waals surface area contributed by atoms with Gasteiger partial charge in [-0.25, -0.2) is 4.98 Å². The number of rotatable bonds is 2. The zero-order valence-electron chi connectivity index (χ0n) is 12.7. The molecule has 2 aromatic carbocycles. The second kappa shape index (κ2) is 5.14. The first-order valence-electron chi connectivity index (χ1n) is 7.75. The van der Waals surface area contributed by atoms with Crippen molar-refractivity contribution >= 4 is 16.7 Å². The molecule has 1 aromatic heterocycles. The number of fused-ring (bicyclic) bond motifs is 1. The molecule has 0 amide bonds. The lowest BCUT2D eigenvalue weighted by molar-refractivity contribution is 0.752. The van der Waals surface area contributed by atoms with Gasteiger partial charge in [-0.15, -0.1) is 0 Å². The summed E-state index contributed by atoms with van der Waals surface area (Å²) in [5.74, 6) is 1.01. The maximum Gasteiger partial charge on any atom is 0.140 e. The number of nitrogens with zero attached hydrogens (tertiary/aromatic N) is 3. The van der Waals surface area contributed by atoms with E-state index in [9.17, 15) is 0 Å². The van der Waals surface area contributed by atoms with E-state index >= 15 is 0 Å². The molecular formula is C18H20N4. The van der Waals surface area contributed by atoms with E-state index in [4.69, 9.17) is 10.7 Å². The Morgan fingerprint density at radius 3 is 2.77 bits per heavy atom. The smallest absolute Gasteiger partial charge is 0.140 e. The number of para-hydroxylation sites is 2. The molecule has 0 aliphatic carbocycles. The van der Waals surface area contributed by atoms with E-state index in [-0.39, 0.29) is 0 Å². The molecule has 0 saturated carbocycles. The van der Waals surface area contributed by atoms with Gasteiger partial charge in [-0.3, -0.25) is 0 Å². The van der Waals surface area contributed by atoms with Gasteiger partial charge in [-0.2, -0.15) is 0 Å². The Balaban J connectivity index is 1.77. The van der Waals surface area contributed by atoms with Crippen LogP contribution in [0.2, 0.25) is 0 Å². The van der Waals surface area contributed by atoms with Gasteiger partial charge in [0.15, 0.2) is 0 Å². The number of aryl methyl sites for hydroxylation is 1. The molecule has 1 saturated heterocycles. The molecule has 1 aliphatic rings. The number of aromatic nitrogens is 2. The quantitative estimate of drug-likeness (QED) is 0.790. The summed E-state index contributed by atoms with van der Waals surface area (Å²) in [4.78, 5) is 7.14. The van der Waals surface area contributed by atoms with Gasteiger partial charge in [0.05, 0.1) is 11.0 Å². The number of hydrogen-bond donors (Lipinski definition) is 1. The highest BCUT2D eigenvalue weighted by atomic mass is 15.2. The van der Waals surface area contributed by atoms with Crippen molar-refractivity contribution in [3.05, 3.63) is 48.5 Å². The van der Waals surface area contributed by atoms with Crippen LogP contribution in [0.25, 0.3) is 22.4 Å². The first-order chi connectivity index (χ1) is 10.7. The van der Waals surface area contributed by atoms with Crippen molar-refractivity contribution in [1.82, 2.24) is 9.55 Å². The molecule has 4 nitrogen and oxygen atoms in total. The van der Waals surface area contributed by atoms with Crippen molar-refractivity contribution in [1.29, 1.82) is 0 Å². The molecule has 1 atom stereocenters. The molecule has 0 bridgehead atoms. The Bertz CT molecular complexity index is 821. The van der Waals surface area contributed by atoms with Gasteiger partial charge in [0, 0.05) is 37.4 Å². The minimum absolute atomic E-state index is 0.291. The number of anilines is 1. The van der Waals surface area contributed by atoms with Crippen LogP contribution < -0.4 is 10.6 Å². The lowest BCUT2D eigenvalue weighted by Crippen LogP contribution is -2.26. The Morgan fingerprint density at radius 2 is 2.00 bits per heavy atom. The van der Waals surface area contributed by atoms with Crippen molar-refractivity contribution in [2.75, 3.05) is 18.0 Å². The summed E-state index contributed by atoms with van der Waals surface area (Å²) in [5, 5.41) is 0. The monoisotopic (exact) mass is 292 g/mol. The first kappa shape index (κ1) is 13.3. The normalized spacial score (nSPS) is 18.3. The number of imidazole rings is 1. The van der Waals surface area contributed by atoms with Crippen molar-refractivity contribution in [2.24, 2.45) is 12.8 Å². The van der Waals surface area contributed by atoms with E-state index in [1.165, 1.54) is 5.69 Å². The maximum atomic E-state index is 6.03. The van der Waals surface area contributed by atoms with Gasteiger partial charge in [0.2, 0.25) is 0 Å². The molecular weight excluding hydrogens is 272 g/mol. The van der Waals surface area contributed by atoms with Crippen LogP contribution >= 0.6 is 0 Å². The topological polar surface area (TPSA) is 47.1 Å². The molecule has 2 heterocycles. The molecule has 1 unspecified atom stereocenters. The number of benzene rings is 2. The predicted molar refractivity (Wildman–Crippen MR) is 91.0 cm³/mol. The summed E-state index contributed by atoms with van der Waals surface area (Å²) in [6, 6.07) is 17.1. The van der Waals surface area contributed by atoms with E-state index in [2.05, 4.69) is 59.0 Å². The maximum absolute atomic E-state index is 6.03. The molecule has 0 radical (unpaired) electrons. The van der Waals surface area contributed by atoms with Crippen molar-refractivity contribution < 1.29 is 0 Å².